The number of aliphatic hydroxyl groups is 2. The monoisotopic (exact) mass is 189 g/mol. The Labute approximate surface area is 76.8 Å². The van der Waals surface area contributed by atoms with E-state index in [-0.39, 0.29) is 12.3 Å². The van der Waals surface area contributed by atoms with Gasteiger partial charge in [0.1, 0.15) is 12.4 Å². The molecule has 3 N–H and O–H groups in total. The summed E-state index contributed by atoms with van der Waals surface area (Å²) in [5, 5.41) is 20.7. The Hall–Kier alpha value is -0.940. The zero-order chi connectivity index (χ0) is 10.4. The maximum atomic E-state index is 10.6. The Balaban J connectivity index is 4.21. The molecule has 0 spiro atoms. The third-order valence-electron chi connectivity index (χ3n) is 1.65. The van der Waals surface area contributed by atoms with Crippen molar-refractivity contribution in [2.24, 2.45) is 0 Å². The molecule has 0 saturated carbocycles. The molecule has 0 aliphatic carbocycles. The van der Waals surface area contributed by atoms with Gasteiger partial charge in [-0.05, 0) is 6.92 Å². The molecule has 5 heteroatoms. The van der Waals surface area contributed by atoms with Gasteiger partial charge in [0.05, 0.1) is 12.1 Å². The van der Waals surface area contributed by atoms with Gasteiger partial charge in [-0.15, -0.1) is 0 Å². The first-order chi connectivity index (χ1) is 5.99. The summed E-state index contributed by atoms with van der Waals surface area (Å²) in [7, 11) is 0. The van der Waals surface area contributed by atoms with Crippen LogP contribution in [0.5, 0.6) is 0 Å². The molecular weight excluding hydrogens is 174 g/mol. The first kappa shape index (κ1) is 12.1. The highest BCUT2D eigenvalue weighted by molar-refractivity contribution is 5.73. The molecule has 0 heterocycles. The van der Waals surface area contributed by atoms with Gasteiger partial charge in [0, 0.05) is 13.3 Å². The van der Waals surface area contributed by atoms with Crippen LogP contribution in [0.15, 0.2) is 0 Å². The lowest BCUT2D eigenvalue weighted by Gasteiger charge is -2.23. The number of carbonyl (C=O) groups is 2. The summed E-state index contributed by atoms with van der Waals surface area (Å²) >= 11 is 0. The Bertz CT molecular complexity index is 181. The molecule has 0 rings (SSSR count). The summed E-state index contributed by atoms with van der Waals surface area (Å²) < 4.78 is 0. The van der Waals surface area contributed by atoms with E-state index >= 15 is 0 Å². The maximum Gasteiger partial charge on any atom is 0.217 e. The molecule has 5 nitrogen and oxygen atoms in total. The van der Waals surface area contributed by atoms with Gasteiger partial charge in [-0.25, -0.2) is 0 Å². The van der Waals surface area contributed by atoms with Gasteiger partial charge < -0.3 is 20.3 Å². The SMILES string of the molecule is CC(=O)N[C@@H](CC=O)[C@@H](O)[C@H](C)O. The van der Waals surface area contributed by atoms with E-state index in [4.69, 9.17) is 5.11 Å². The van der Waals surface area contributed by atoms with Crippen LogP contribution in [0.4, 0.5) is 0 Å². The van der Waals surface area contributed by atoms with Crippen molar-refractivity contribution in [1.29, 1.82) is 0 Å². The molecule has 0 radical (unpaired) electrons. The summed E-state index contributed by atoms with van der Waals surface area (Å²) in [6.07, 6.45) is -1.51. The van der Waals surface area contributed by atoms with Crippen molar-refractivity contribution in [3.8, 4) is 0 Å². The zero-order valence-electron chi connectivity index (χ0n) is 7.73. The fourth-order valence-electron chi connectivity index (χ4n) is 0.985. The quantitative estimate of drug-likeness (QED) is 0.475. The summed E-state index contributed by atoms with van der Waals surface area (Å²) in [5.41, 5.74) is 0. The van der Waals surface area contributed by atoms with Crippen LogP contribution < -0.4 is 5.32 Å². The van der Waals surface area contributed by atoms with Crippen molar-refractivity contribution in [1.82, 2.24) is 5.32 Å². The molecule has 0 unspecified atom stereocenters. The minimum atomic E-state index is -1.12. The van der Waals surface area contributed by atoms with Gasteiger partial charge in [-0.2, -0.15) is 0 Å². The van der Waals surface area contributed by atoms with Crippen molar-refractivity contribution in [3.05, 3.63) is 0 Å². The van der Waals surface area contributed by atoms with Gasteiger partial charge in [0.25, 0.3) is 0 Å². The highest BCUT2D eigenvalue weighted by atomic mass is 16.3. The lowest BCUT2D eigenvalue weighted by Crippen LogP contribution is -2.47. The normalized spacial score (nSPS) is 17.2. The predicted molar refractivity (Wildman–Crippen MR) is 46.0 cm³/mol. The molecular formula is C8H15NO4. The fourth-order valence-corrected chi connectivity index (χ4v) is 0.985. The summed E-state index contributed by atoms with van der Waals surface area (Å²) in [5.74, 6) is -0.341. The Morgan fingerprint density at radius 2 is 2.08 bits per heavy atom. The van der Waals surface area contributed by atoms with E-state index < -0.39 is 18.2 Å². The van der Waals surface area contributed by atoms with E-state index in [1.165, 1.54) is 13.8 Å². The Kier molecular flexibility index (Phi) is 5.25. The van der Waals surface area contributed by atoms with Crippen LogP contribution in [0.2, 0.25) is 0 Å². The highest BCUT2D eigenvalue weighted by Crippen LogP contribution is 2.02. The zero-order valence-corrected chi connectivity index (χ0v) is 7.73. The molecule has 76 valence electrons. The second-order valence-corrected chi connectivity index (χ2v) is 2.94. The minimum Gasteiger partial charge on any atom is -0.391 e. The van der Waals surface area contributed by atoms with E-state index in [1.807, 2.05) is 0 Å². The van der Waals surface area contributed by atoms with E-state index in [2.05, 4.69) is 5.32 Å². The second-order valence-electron chi connectivity index (χ2n) is 2.94. The molecule has 0 aromatic carbocycles. The van der Waals surface area contributed by atoms with Crippen molar-refractivity contribution in [2.75, 3.05) is 0 Å². The van der Waals surface area contributed by atoms with Crippen LogP contribution in [0.25, 0.3) is 0 Å². The minimum absolute atomic E-state index is 0.00829. The van der Waals surface area contributed by atoms with Crippen LogP contribution >= 0.6 is 0 Å². The third kappa shape index (κ3) is 4.59. The van der Waals surface area contributed by atoms with Crippen molar-refractivity contribution in [2.45, 2.75) is 38.5 Å². The van der Waals surface area contributed by atoms with E-state index in [0.717, 1.165) is 0 Å². The molecule has 0 aromatic heterocycles. The molecule has 1 amide bonds. The van der Waals surface area contributed by atoms with Gasteiger partial charge in [-0.1, -0.05) is 0 Å². The largest absolute Gasteiger partial charge is 0.391 e. The fraction of sp³-hybridized carbons (Fsp3) is 0.750. The molecule has 0 aliphatic rings. The third-order valence-corrected chi connectivity index (χ3v) is 1.65. The maximum absolute atomic E-state index is 10.6. The lowest BCUT2D eigenvalue weighted by molar-refractivity contribution is -0.121. The highest BCUT2D eigenvalue weighted by Gasteiger charge is 2.23. The number of nitrogens with one attached hydrogen (secondary N) is 1. The number of amides is 1. The predicted octanol–water partition coefficient (Wildman–Crippen LogP) is -1.18. The molecule has 0 fully saturated rings. The van der Waals surface area contributed by atoms with Crippen LogP contribution in [0.3, 0.4) is 0 Å². The molecule has 3 atom stereocenters. The van der Waals surface area contributed by atoms with Gasteiger partial charge in [0.2, 0.25) is 5.91 Å². The lowest BCUT2D eigenvalue weighted by atomic mass is 10.0. The average Bonchev–Trinajstić information content (AvgIpc) is 2.01. The van der Waals surface area contributed by atoms with Crippen LogP contribution in [0.1, 0.15) is 20.3 Å². The number of carbonyl (C=O) groups excluding carboxylic acids is 2. The number of rotatable bonds is 5. The molecule has 0 saturated heterocycles. The van der Waals surface area contributed by atoms with Crippen molar-refractivity contribution in [3.63, 3.8) is 0 Å². The van der Waals surface area contributed by atoms with E-state index in [9.17, 15) is 14.7 Å². The van der Waals surface area contributed by atoms with Crippen LogP contribution in [0, 0.1) is 0 Å². The first-order valence-corrected chi connectivity index (χ1v) is 4.06. The van der Waals surface area contributed by atoms with E-state index in [1.54, 1.807) is 0 Å². The van der Waals surface area contributed by atoms with Crippen LogP contribution in [-0.4, -0.2) is 40.7 Å². The van der Waals surface area contributed by atoms with E-state index in [0.29, 0.717) is 6.29 Å². The first-order valence-electron chi connectivity index (χ1n) is 4.06. The van der Waals surface area contributed by atoms with Crippen LogP contribution in [-0.2, 0) is 9.59 Å². The smallest absolute Gasteiger partial charge is 0.217 e. The topological polar surface area (TPSA) is 86.6 Å². The summed E-state index contributed by atoms with van der Waals surface area (Å²) in [6.45, 7) is 2.68. The number of hydrogen-bond acceptors (Lipinski definition) is 4. The Morgan fingerprint density at radius 3 is 2.38 bits per heavy atom. The Morgan fingerprint density at radius 1 is 1.54 bits per heavy atom. The molecule has 0 aliphatic heterocycles. The van der Waals surface area contributed by atoms with Crippen molar-refractivity contribution < 1.29 is 19.8 Å². The average molecular weight is 189 g/mol. The standard InChI is InChI=1S/C8H15NO4/c1-5(11)8(13)7(3-4-10)9-6(2)12/h4-5,7-8,11,13H,3H2,1-2H3,(H,9,12)/t5-,7-,8-/m0/s1. The molecule has 0 bridgehead atoms. The molecule has 0 aromatic rings. The van der Waals surface area contributed by atoms with Gasteiger partial charge in [-0.3, -0.25) is 4.79 Å². The summed E-state index contributed by atoms with van der Waals surface area (Å²) in [4.78, 5) is 20.8. The molecule has 13 heavy (non-hydrogen) atoms. The van der Waals surface area contributed by atoms with Gasteiger partial charge >= 0.3 is 0 Å². The number of aliphatic hydroxyl groups excluding tert-OH is 2. The van der Waals surface area contributed by atoms with Crippen molar-refractivity contribution >= 4 is 12.2 Å². The van der Waals surface area contributed by atoms with Gasteiger partial charge in [0.15, 0.2) is 0 Å². The number of hydrogen-bond donors (Lipinski definition) is 3. The summed E-state index contributed by atoms with van der Waals surface area (Å²) in [6, 6.07) is -0.713. The number of aldehydes is 1. The second kappa shape index (κ2) is 5.66.